The number of fused-ring (bicyclic) bond motifs is 1. The predicted molar refractivity (Wildman–Crippen MR) is 103 cm³/mol. The summed E-state index contributed by atoms with van der Waals surface area (Å²) in [5, 5.41) is 12.3. The van der Waals surface area contributed by atoms with Crippen molar-refractivity contribution in [3.05, 3.63) is 71.7 Å². The minimum absolute atomic E-state index is 0.0519. The molecule has 0 bridgehead atoms. The fourth-order valence-electron chi connectivity index (χ4n) is 2.73. The molecule has 4 rings (SSSR count). The predicted octanol–water partition coefficient (Wildman–Crippen LogP) is 3.38. The Hall–Kier alpha value is -2.93. The number of hydrogen-bond acceptors (Lipinski definition) is 4. The van der Waals surface area contributed by atoms with Gasteiger partial charge in [-0.05, 0) is 40.8 Å². The van der Waals surface area contributed by atoms with Gasteiger partial charge in [-0.1, -0.05) is 36.0 Å². The van der Waals surface area contributed by atoms with E-state index in [1.54, 1.807) is 18.3 Å². The number of amidine groups is 1. The van der Waals surface area contributed by atoms with Crippen LogP contribution in [0.25, 0.3) is 10.9 Å². The highest BCUT2D eigenvalue weighted by Crippen LogP contribution is 2.19. The molecular weight excluding hydrogens is 351 g/mol. The van der Waals surface area contributed by atoms with Crippen LogP contribution in [0, 0.1) is 5.82 Å². The van der Waals surface area contributed by atoms with Gasteiger partial charge in [0.05, 0.1) is 12.0 Å². The maximum absolute atomic E-state index is 13.1. The van der Waals surface area contributed by atoms with Gasteiger partial charge < -0.3 is 9.88 Å². The molecule has 3 aromatic rings. The quantitative estimate of drug-likeness (QED) is 0.568. The molecule has 7 heteroatoms. The number of hydrogen-bond donors (Lipinski definition) is 1. The molecule has 0 unspecified atom stereocenters. The Labute approximate surface area is 153 Å². The zero-order valence-corrected chi connectivity index (χ0v) is 14.5. The summed E-state index contributed by atoms with van der Waals surface area (Å²) in [4.78, 5) is 11.1. The Morgan fingerprint density at radius 2 is 2.04 bits per heavy atom. The standard InChI is InChI=1S/C19H15FN4OS/c20-16-5-2-13(3-6-16)11-24-8-7-15-4-1-14(9-17(15)24)10-21-23-19-22-18(25)12-26-19/h1-10H,11-12H2,(H,22,23,25). The summed E-state index contributed by atoms with van der Waals surface area (Å²) in [5.41, 5.74) is 3.01. The molecule has 0 atom stereocenters. The van der Waals surface area contributed by atoms with Crippen LogP contribution in [0.1, 0.15) is 11.1 Å². The lowest BCUT2D eigenvalue weighted by atomic mass is 10.1. The van der Waals surface area contributed by atoms with Crippen molar-refractivity contribution in [3.63, 3.8) is 0 Å². The molecule has 1 aliphatic rings. The third-order valence-electron chi connectivity index (χ3n) is 4.01. The van der Waals surface area contributed by atoms with Crippen molar-refractivity contribution in [3.8, 4) is 0 Å². The van der Waals surface area contributed by atoms with Crippen LogP contribution in [0.2, 0.25) is 0 Å². The van der Waals surface area contributed by atoms with E-state index in [1.807, 2.05) is 30.5 Å². The number of carbonyl (C=O) groups excluding carboxylic acids is 1. The van der Waals surface area contributed by atoms with Gasteiger partial charge in [0.2, 0.25) is 5.91 Å². The smallest absolute Gasteiger partial charge is 0.236 e. The first kappa shape index (κ1) is 16.5. The number of carbonyl (C=O) groups is 1. The van der Waals surface area contributed by atoms with Crippen molar-refractivity contribution >= 4 is 40.0 Å². The minimum atomic E-state index is -0.233. The summed E-state index contributed by atoms with van der Waals surface area (Å²) < 4.78 is 15.2. The maximum atomic E-state index is 13.1. The van der Waals surface area contributed by atoms with E-state index in [0.29, 0.717) is 17.5 Å². The third-order valence-corrected chi connectivity index (χ3v) is 4.87. The van der Waals surface area contributed by atoms with Crippen LogP contribution >= 0.6 is 11.8 Å². The van der Waals surface area contributed by atoms with E-state index < -0.39 is 0 Å². The van der Waals surface area contributed by atoms with E-state index in [0.717, 1.165) is 22.0 Å². The molecule has 1 saturated heterocycles. The van der Waals surface area contributed by atoms with Crippen molar-refractivity contribution in [2.75, 3.05) is 5.75 Å². The number of amides is 1. The van der Waals surface area contributed by atoms with E-state index >= 15 is 0 Å². The molecule has 0 saturated carbocycles. The van der Waals surface area contributed by atoms with Gasteiger partial charge in [-0.2, -0.15) is 5.10 Å². The van der Waals surface area contributed by atoms with Gasteiger partial charge in [-0.3, -0.25) is 4.79 Å². The zero-order chi connectivity index (χ0) is 17.9. The van der Waals surface area contributed by atoms with Gasteiger partial charge in [0.1, 0.15) is 5.82 Å². The van der Waals surface area contributed by atoms with Crippen molar-refractivity contribution in [2.24, 2.45) is 10.2 Å². The molecule has 0 aliphatic carbocycles. The number of rotatable bonds is 4. The number of nitrogens with one attached hydrogen (secondary N) is 1. The van der Waals surface area contributed by atoms with Gasteiger partial charge in [-0.15, -0.1) is 5.10 Å². The highest BCUT2D eigenvalue weighted by Gasteiger charge is 2.15. The lowest BCUT2D eigenvalue weighted by Gasteiger charge is -2.06. The lowest BCUT2D eigenvalue weighted by Crippen LogP contribution is -2.19. The van der Waals surface area contributed by atoms with Gasteiger partial charge in [0, 0.05) is 18.3 Å². The van der Waals surface area contributed by atoms with Crippen molar-refractivity contribution < 1.29 is 9.18 Å². The first-order valence-electron chi connectivity index (χ1n) is 8.04. The summed E-state index contributed by atoms with van der Waals surface area (Å²) >= 11 is 1.34. The van der Waals surface area contributed by atoms with Crippen molar-refractivity contribution in [1.29, 1.82) is 0 Å². The van der Waals surface area contributed by atoms with E-state index in [9.17, 15) is 9.18 Å². The first-order valence-corrected chi connectivity index (χ1v) is 9.03. The lowest BCUT2D eigenvalue weighted by molar-refractivity contribution is -0.116. The summed E-state index contributed by atoms with van der Waals surface area (Å²) in [6.07, 6.45) is 3.67. The molecule has 0 radical (unpaired) electrons. The van der Waals surface area contributed by atoms with Crippen LogP contribution in [-0.2, 0) is 11.3 Å². The number of aromatic nitrogens is 1. The summed E-state index contributed by atoms with van der Waals surface area (Å²) in [7, 11) is 0. The minimum Gasteiger partial charge on any atom is -0.343 e. The monoisotopic (exact) mass is 366 g/mol. The molecule has 1 aromatic heterocycles. The average Bonchev–Trinajstić information content (AvgIpc) is 3.23. The molecule has 1 amide bonds. The fourth-order valence-corrected chi connectivity index (χ4v) is 3.36. The molecule has 2 heterocycles. The van der Waals surface area contributed by atoms with E-state index in [4.69, 9.17) is 0 Å². The largest absolute Gasteiger partial charge is 0.343 e. The van der Waals surface area contributed by atoms with Gasteiger partial charge in [0.15, 0.2) is 5.17 Å². The zero-order valence-electron chi connectivity index (χ0n) is 13.7. The van der Waals surface area contributed by atoms with Gasteiger partial charge >= 0.3 is 0 Å². The normalized spacial score (nSPS) is 16.0. The Kier molecular flexibility index (Phi) is 4.53. The van der Waals surface area contributed by atoms with Gasteiger partial charge in [-0.25, -0.2) is 4.39 Å². The summed E-state index contributed by atoms with van der Waals surface area (Å²) in [6, 6.07) is 14.6. The molecule has 0 spiro atoms. The summed E-state index contributed by atoms with van der Waals surface area (Å²) in [6.45, 7) is 0.662. The summed E-state index contributed by atoms with van der Waals surface area (Å²) in [5.74, 6) is 0.101. The van der Waals surface area contributed by atoms with Crippen LogP contribution in [-0.4, -0.2) is 27.6 Å². The van der Waals surface area contributed by atoms with E-state index in [1.165, 1.54) is 23.9 Å². The maximum Gasteiger partial charge on any atom is 0.236 e. The second kappa shape index (κ2) is 7.13. The van der Waals surface area contributed by atoms with Crippen molar-refractivity contribution in [1.82, 2.24) is 9.88 Å². The Balaban J connectivity index is 1.56. The molecule has 1 aliphatic heterocycles. The fraction of sp³-hybridized carbons (Fsp3) is 0.105. The Morgan fingerprint density at radius 1 is 1.19 bits per heavy atom. The van der Waals surface area contributed by atoms with Crippen molar-refractivity contribution in [2.45, 2.75) is 6.54 Å². The molecule has 130 valence electrons. The average molecular weight is 366 g/mol. The molecular formula is C19H15FN4OS. The molecule has 1 N–H and O–H groups in total. The van der Waals surface area contributed by atoms with Gasteiger partial charge in [0.25, 0.3) is 0 Å². The van der Waals surface area contributed by atoms with E-state index in [2.05, 4.69) is 20.1 Å². The second-order valence-corrected chi connectivity index (χ2v) is 6.84. The van der Waals surface area contributed by atoms with Crippen LogP contribution in [0.5, 0.6) is 0 Å². The van der Waals surface area contributed by atoms with Crippen LogP contribution in [0.3, 0.4) is 0 Å². The number of thioether (sulfide) groups is 1. The van der Waals surface area contributed by atoms with E-state index in [-0.39, 0.29) is 11.7 Å². The number of benzene rings is 2. The number of halogens is 1. The highest BCUT2D eigenvalue weighted by atomic mass is 32.2. The SMILES string of the molecule is O=C1CSC(=NN=Cc2ccc3ccn(Cc4ccc(F)cc4)c3c2)N1. The molecule has 5 nitrogen and oxygen atoms in total. The third kappa shape index (κ3) is 3.67. The molecule has 1 fully saturated rings. The van der Waals surface area contributed by atoms with Crippen LogP contribution in [0.15, 0.2) is 64.9 Å². The Bertz CT molecular complexity index is 1020. The topological polar surface area (TPSA) is 58.8 Å². The molecule has 26 heavy (non-hydrogen) atoms. The van der Waals surface area contributed by atoms with Crippen LogP contribution in [0.4, 0.5) is 4.39 Å². The highest BCUT2D eigenvalue weighted by molar-refractivity contribution is 8.15. The van der Waals surface area contributed by atoms with Crippen LogP contribution < -0.4 is 5.32 Å². The molecule has 2 aromatic carbocycles. The Morgan fingerprint density at radius 3 is 2.81 bits per heavy atom. The number of nitrogens with zero attached hydrogens (tertiary/aromatic N) is 3. The first-order chi connectivity index (χ1) is 12.7. The second-order valence-electron chi connectivity index (χ2n) is 5.87.